The number of methoxy groups -OCH3 is 1. The van der Waals surface area contributed by atoms with Crippen LogP contribution in [0.3, 0.4) is 0 Å². The first-order chi connectivity index (χ1) is 10.1. The molecule has 3 rings (SSSR count). The third kappa shape index (κ3) is 2.12. The Morgan fingerprint density at radius 1 is 1.38 bits per heavy atom. The lowest BCUT2D eigenvalue weighted by molar-refractivity contribution is 0.0688. The van der Waals surface area contributed by atoms with Crippen molar-refractivity contribution < 1.29 is 19.4 Å². The molecule has 1 aromatic carbocycles. The summed E-state index contributed by atoms with van der Waals surface area (Å²) in [5.74, 6) is -0.775. The SMILES string of the molecule is COc1ccc(-n2nc(C(=O)O)c3c2C(=O)NCC3)cc1. The molecule has 0 unspecified atom stereocenters. The molecule has 0 saturated heterocycles. The van der Waals surface area contributed by atoms with Crippen molar-refractivity contribution in [2.45, 2.75) is 6.42 Å². The van der Waals surface area contributed by atoms with Crippen molar-refractivity contribution in [1.82, 2.24) is 15.1 Å². The first kappa shape index (κ1) is 13.2. The number of amides is 1. The van der Waals surface area contributed by atoms with Crippen LogP contribution >= 0.6 is 0 Å². The molecule has 0 atom stereocenters. The van der Waals surface area contributed by atoms with E-state index in [2.05, 4.69) is 10.4 Å². The number of aromatic nitrogens is 2. The molecule has 2 aromatic rings. The van der Waals surface area contributed by atoms with Gasteiger partial charge >= 0.3 is 5.97 Å². The molecule has 7 heteroatoms. The maximum atomic E-state index is 12.0. The number of carboxylic acid groups (broad SMARTS) is 1. The summed E-state index contributed by atoms with van der Waals surface area (Å²) in [6.45, 7) is 0.417. The van der Waals surface area contributed by atoms with Crippen molar-refractivity contribution in [3.8, 4) is 11.4 Å². The molecule has 2 heterocycles. The van der Waals surface area contributed by atoms with Crippen LogP contribution in [0.2, 0.25) is 0 Å². The Hall–Kier alpha value is -2.83. The van der Waals surface area contributed by atoms with Gasteiger partial charge in [0.05, 0.1) is 12.8 Å². The molecule has 0 fully saturated rings. The zero-order valence-electron chi connectivity index (χ0n) is 11.3. The highest BCUT2D eigenvalue weighted by atomic mass is 16.5. The molecule has 1 amide bonds. The van der Waals surface area contributed by atoms with E-state index in [9.17, 15) is 14.7 Å². The van der Waals surface area contributed by atoms with Gasteiger partial charge < -0.3 is 15.2 Å². The number of hydrogen-bond donors (Lipinski definition) is 2. The number of hydrogen-bond acceptors (Lipinski definition) is 4. The highest BCUT2D eigenvalue weighted by molar-refractivity contribution is 5.99. The normalized spacial score (nSPS) is 13.5. The van der Waals surface area contributed by atoms with Gasteiger partial charge in [0.1, 0.15) is 11.4 Å². The Labute approximate surface area is 120 Å². The van der Waals surface area contributed by atoms with E-state index in [1.54, 1.807) is 31.4 Å². The molecule has 2 N–H and O–H groups in total. The van der Waals surface area contributed by atoms with Gasteiger partial charge in [0.15, 0.2) is 5.69 Å². The second kappa shape index (κ2) is 4.93. The van der Waals surface area contributed by atoms with Gasteiger partial charge in [0, 0.05) is 12.1 Å². The predicted octanol–water partition coefficient (Wildman–Crippen LogP) is 0.865. The van der Waals surface area contributed by atoms with Crippen LogP contribution in [-0.4, -0.2) is 40.4 Å². The van der Waals surface area contributed by atoms with Crippen LogP contribution in [0.15, 0.2) is 24.3 Å². The minimum Gasteiger partial charge on any atom is -0.497 e. The fourth-order valence-electron chi connectivity index (χ4n) is 2.39. The van der Waals surface area contributed by atoms with Gasteiger partial charge in [-0.15, -0.1) is 0 Å². The van der Waals surface area contributed by atoms with Crippen LogP contribution in [0.25, 0.3) is 5.69 Å². The monoisotopic (exact) mass is 287 g/mol. The van der Waals surface area contributed by atoms with Crippen LogP contribution in [-0.2, 0) is 6.42 Å². The van der Waals surface area contributed by atoms with Crippen LogP contribution < -0.4 is 10.1 Å². The number of aromatic carboxylic acids is 1. The summed E-state index contributed by atoms with van der Waals surface area (Å²) in [5, 5.41) is 16.0. The van der Waals surface area contributed by atoms with E-state index < -0.39 is 5.97 Å². The Balaban J connectivity index is 2.17. The number of carbonyl (C=O) groups excluding carboxylic acids is 1. The van der Waals surface area contributed by atoms with E-state index in [1.807, 2.05) is 0 Å². The summed E-state index contributed by atoms with van der Waals surface area (Å²) >= 11 is 0. The van der Waals surface area contributed by atoms with Crippen LogP contribution in [0.4, 0.5) is 0 Å². The van der Waals surface area contributed by atoms with Crippen LogP contribution in [0.1, 0.15) is 26.5 Å². The number of ether oxygens (including phenoxy) is 1. The van der Waals surface area contributed by atoms with Crippen molar-refractivity contribution in [1.29, 1.82) is 0 Å². The molecule has 0 spiro atoms. The van der Waals surface area contributed by atoms with Crippen molar-refractivity contribution in [2.24, 2.45) is 0 Å². The smallest absolute Gasteiger partial charge is 0.356 e. The Morgan fingerprint density at radius 2 is 2.10 bits per heavy atom. The second-order valence-corrected chi connectivity index (χ2v) is 4.60. The van der Waals surface area contributed by atoms with Gasteiger partial charge in [-0.2, -0.15) is 5.10 Å². The first-order valence-corrected chi connectivity index (χ1v) is 6.39. The number of nitrogens with one attached hydrogen (secondary N) is 1. The molecule has 1 aromatic heterocycles. The van der Waals surface area contributed by atoms with Crippen molar-refractivity contribution in [3.05, 3.63) is 41.2 Å². The standard InChI is InChI=1S/C14H13N3O4/c1-21-9-4-2-8(3-5-9)17-12-10(6-7-15-13(12)18)11(16-17)14(19)20/h2-5H,6-7H2,1H3,(H,15,18)(H,19,20). The number of carbonyl (C=O) groups is 2. The minimum absolute atomic E-state index is 0.0735. The first-order valence-electron chi connectivity index (χ1n) is 6.39. The summed E-state index contributed by atoms with van der Waals surface area (Å²) in [7, 11) is 1.56. The van der Waals surface area contributed by atoms with E-state index in [4.69, 9.17) is 4.74 Å². The van der Waals surface area contributed by atoms with E-state index in [0.717, 1.165) is 0 Å². The van der Waals surface area contributed by atoms with Crippen LogP contribution in [0.5, 0.6) is 5.75 Å². The molecule has 21 heavy (non-hydrogen) atoms. The largest absolute Gasteiger partial charge is 0.497 e. The number of nitrogens with zero attached hydrogens (tertiary/aromatic N) is 2. The van der Waals surface area contributed by atoms with E-state index in [0.29, 0.717) is 30.0 Å². The highest BCUT2D eigenvalue weighted by Crippen LogP contribution is 2.23. The molecule has 108 valence electrons. The molecule has 0 saturated carbocycles. The predicted molar refractivity (Wildman–Crippen MR) is 73.1 cm³/mol. The lowest BCUT2D eigenvalue weighted by Crippen LogP contribution is -2.33. The number of fused-ring (bicyclic) bond motifs is 1. The summed E-state index contributed by atoms with van der Waals surface area (Å²) in [6.07, 6.45) is 0.457. The van der Waals surface area contributed by atoms with Gasteiger partial charge in [-0.1, -0.05) is 0 Å². The van der Waals surface area contributed by atoms with Crippen molar-refractivity contribution in [2.75, 3.05) is 13.7 Å². The number of rotatable bonds is 3. The summed E-state index contributed by atoms with van der Waals surface area (Å²) in [5.41, 5.74) is 1.29. The van der Waals surface area contributed by atoms with Gasteiger partial charge in [0.25, 0.3) is 5.91 Å². The minimum atomic E-state index is -1.13. The van der Waals surface area contributed by atoms with Crippen LogP contribution in [0, 0.1) is 0 Å². The second-order valence-electron chi connectivity index (χ2n) is 4.60. The molecular formula is C14H13N3O4. The van der Waals surface area contributed by atoms with Gasteiger partial charge in [-0.3, -0.25) is 4.79 Å². The third-order valence-electron chi connectivity index (χ3n) is 3.38. The maximum Gasteiger partial charge on any atom is 0.356 e. The average molecular weight is 287 g/mol. The van der Waals surface area contributed by atoms with Crippen molar-refractivity contribution in [3.63, 3.8) is 0 Å². The fourth-order valence-corrected chi connectivity index (χ4v) is 2.39. The van der Waals surface area contributed by atoms with E-state index in [-0.39, 0.29) is 17.3 Å². The zero-order chi connectivity index (χ0) is 15.0. The highest BCUT2D eigenvalue weighted by Gasteiger charge is 2.30. The molecule has 1 aliphatic rings. The lowest BCUT2D eigenvalue weighted by Gasteiger charge is -2.14. The van der Waals surface area contributed by atoms with Crippen molar-refractivity contribution >= 4 is 11.9 Å². The fraction of sp³-hybridized carbons (Fsp3) is 0.214. The topological polar surface area (TPSA) is 93.5 Å². The molecule has 0 bridgehead atoms. The van der Waals surface area contributed by atoms with Gasteiger partial charge in [-0.05, 0) is 30.7 Å². The Bertz CT molecular complexity index is 719. The maximum absolute atomic E-state index is 12.0. The molecule has 7 nitrogen and oxygen atoms in total. The quantitative estimate of drug-likeness (QED) is 0.873. The zero-order valence-corrected chi connectivity index (χ0v) is 11.3. The molecule has 0 aliphatic carbocycles. The Morgan fingerprint density at radius 3 is 2.71 bits per heavy atom. The third-order valence-corrected chi connectivity index (χ3v) is 3.38. The lowest BCUT2D eigenvalue weighted by atomic mass is 10.1. The van der Waals surface area contributed by atoms with Gasteiger partial charge in [-0.25, -0.2) is 9.48 Å². The number of benzene rings is 1. The molecule has 1 aliphatic heterocycles. The summed E-state index contributed by atoms with van der Waals surface area (Å²) < 4.78 is 6.45. The van der Waals surface area contributed by atoms with E-state index in [1.165, 1.54) is 4.68 Å². The van der Waals surface area contributed by atoms with E-state index >= 15 is 0 Å². The molecular weight excluding hydrogens is 274 g/mol. The molecule has 0 radical (unpaired) electrons. The van der Waals surface area contributed by atoms with Gasteiger partial charge in [0.2, 0.25) is 0 Å². The summed E-state index contributed by atoms with van der Waals surface area (Å²) in [6, 6.07) is 6.90. The Kier molecular flexibility index (Phi) is 3.09. The number of carboxylic acids is 1. The average Bonchev–Trinajstić information content (AvgIpc) is 2.88. The summed E-state index contributed by atoms with van der Waals surface area (Å²) in [4.78, 5) is 23.3.